The lowest BCUT2D eigenvalue weighted by Crippen LogP contribution is -2.37. The van der Waals surface area contributed by atoms with Gasteiger partial charge < -0.3 is 14.7 Å². The number of aryl methyl sites for hydroxylation is 1. The van der Waals surface area contributed by atoms with Crippen molar-refractivity contribution in [1.29, 1.82) is 0 Å². The van der Waals surface area contributed by atoms with Crippen LogP contribution in [-0.2, 0) is 16.6 Å². The van der Waals surface area contributed by atoms with Crippen LogP contribution in [0.4, 0.5) is 10.6 Å². The molecule has 2 heterocycles. The number of carboxylic acids is 1. The molecular formula is C26H26N4O5. The van der Waals surface area contributed by atoms with Gasteiger partial charge in [-0.05, 0) is 35.1 Å². The van der Waals surface area contributed by atoms with Gasteiger partial charge in [0.05, 0.1) is 12.6 Å². The van der Waals surface area contributed by atoms with Crippen LogP contribution in [0, 0.1) is 0 Å². The van der Waals surface area contributed by atoms with E-state index in [0.717, 1.165) is 28.7 Å². The van der Waals surface area contributed by atoms with Crippen LogP contribution in [0.3, 0.4) is 0 Å². The van der Waals surface area contributed by atoms with Gasteiger partial charge in [-0.3, -0.25) is 19.6 Å². The first-order valence-electron chi connectivity index (χ1n) is 11.6. The third-order valence-corrected chi connectivity index (χ3v) is 6.78. The van der Waals surface area contributed by atoms with Crippen LogP contribution >= 0.6 is 0 Å². The first kappa shape index (κ1) is 22.6. The smallest absolute Gasteiger partial charge is 0.412 e. The second-order valence-electron chi connectivity index (χ2n) is 8.87. The van der Waals surface area contributed by atoms with Crippen molar-refractivity contribution in [2.45, 2.75) is 31.2 Å². The maximum absolute atomic E-state index is 13.2. The molecule has 180 valence electrons. The summed E-state index contributed by atoms with van der Waals surface area (Å²) in [4.78, 5) is 38.7. The average molecular weight is 475 g/mol. The highest BCUT2D eigenvalue weighted by Gasteiger charge is 2.34. The summed E-state index contributed by atoms with van der Waals surface area (Å²) in [5, 5.41) is 16.0. The minimum Gasteiger partial charge on any atom is -0.481 e. The second-order valence-corrected chi connectivity index (χ2v) is 8.87. The van der Waals surface area contributed by atoms with Crippen LogP contribution in [0.5, 0.6) is 0 Å². The highest BCUT2D eigenvalue weighted by molar-refractivity contribution is 6.02. The Balaban J connectivity index is 1.29. The van der Waals surface area contributed by atoms with Crippen molar-refractivity contribution in [1.82, 2.24) is 14.7 Å². The van der Waals surface area contributed by atoms with Gasteiger partial charge in [-0.25, -0.2) is 4.79 Å². The molecule has 9 nitrogen and oxygen atoms in total. The number of hydrogen-bond acceptors (Lipinski definition) is 5. The van der Waals surface area contributed by atoms with Crippen molar-refractivity contribution in [2.75, 3.05) is 18.5 Å². The predicted molar refractivity (Wildman–Crippen MR) is 128 cm³/mol. The molecule has 2 aromatic carbocycles. The number of anilines is 1. The minimum absolute atomic E-state index is 0.0813. The number of hydrogen-bond donors (Lipinski definition) is 2. The monoisotopic (exact) mass is 474 g/mol. The van der Waals surface area contributed by atoms with E-state index in [2.05, 4.69) is 22.5 Å². The van der Waals surface area contributed by atoms with E-state index in [4.69, 9.17) is 9.84 Å². The summed E-state index contributed by atoms with van der Waals surface area (Å²) >= 11 is 0. The van der Waals surface area contributed by atoms with E-state index in [1.54, 1.807) is 11.9 Å². The summed E-state index contributed by atoms with van der Waals surface area (Å²) in [5.74, 6) is -1.16. The van der Waals surface area contributed by atoms with Crippen molar-refractivity contribution in [3.8, 4) is 11.1 Å². The Morgan fingerprint density at radius 2 is 1.74 bits per heavy atom. The zero-order valence-corrected chi connectivity index (χ0v) is 19.3. The molecule has 0 unspecified atom stereocenters. The van der Waals surface area contributed by atoms with Gasteiger partial charge in [-0.1, -0.05) is 48.5 Å². The number of benzene rings is 2. The van der Waals surface area contributed by atoms with Gasteiger partial charge in [0.1, 0.15) is 18.0 Å². The van der Waals surface area contributed by atoms with Gasteiger partial charge in [0.2, 0.25) is 0 Å². The fraction of sp³-hybridized carbons (Fsp3) is 0.308. The summed E-state index contributed by atoms with van der Waals surface area (Å²) in [7, 11) is 1.62. The van der Waals surface area contributed by atoms with Crippen LogP contribution < -0.4 is 5.32 Å². The Morgan fingerprint density at radius 1 is 1.09 bits per heavy atom. The molecule has 1 aliphatic heterocycles. The summed E-state index contributed by atoms with van der Waals surface area (Å²) in [5.41, 5.74) is 4.70. The maximum Gasteiger partial charge on any atom is 0.412 e. The number of ether oxygens (including phenoxy) is 1. The Bertz CT molecular complexity index is 1250. The van der Waals surface area contributed by atoms with Crippen molar-refractivity contribution in [2.24, 2.45) is 7.05 Å². The number of carboxylic acid groups (broad SMARTS) is 1. The average Bonchev–Trinajstić information content (AvgIpc) is 3.54. The van der Waals surface area contributed by atoms with Crippen LogP contribution in [0.1, 0.15) is 46.7 Å². The summed E-state index contributed by atoms with van der Waals surface area (Å²) in [6, 6.07) is 15.8. The lowest BCUT2D eigenvalue weighted by molar-refractivity contribution is -0.137. The summed E-state index contributed by atoms with van der Waals surface area (Å²) < 4.78 is 7.01. The van der Waals surface area contributed by atoms with Crippen molar-refractivity contribution < 1.29 is 24.2 Å². The van der Waals surface area contributed by atoms with E-state index in [0.29, 0.717) is 13.0 Å². The number of aromatic nitrogens is 2. The fourth-order valence-electron chi connectivity index (χ4n) is 5.15. The fourth-order valence-corrected chi connectivity index (χ4v) is 5.15. The molecule has 0 spiro atoms. The van der Waals surface area contributed by atoms with Gasteiger partial charge in [0.25, 0.3) is 5.91 Å². The molecule has 9 heteroatoms. The molecule has 0 bridgehead atoms. The number of likely N-dealkylation sites (tertiary alicyclic amines) is 1. The molecule has 1 saturated heterocycles. The van der Waals surface area contributed by atoms with Crippen LogP contribution in [0.25, 0.3) is 11.1 Å². The van der Waals surface area contributed by atoms with Gasteiger partial charge in [0, 0.05) is 25.6 Å². The number of amides is 2. The quantitative estimate of drug-likeness (QED) is 0.561. The van der Waals surface area contributed by atoms with E-state index in [1.807, 2.05) is 36.4 Å². The third kappa shape index (κ3) is 4.25. The van der Waals surface area contributed by atoms with E-state index >= 15 is 0 Å². The molecule has 2 amide bonds. The summed E-state index contributed by atoms with van der Waals surface area (Å²) in [6.07, 6.45) is 1.96. The van der Waals surface area contributed by atoms with Crippen LogP contribution in [-0.4, -0.2) is 57.0 Å². The number of aliphatic carboxylic acids is 1. The second kappa shape index (κ2) is 9.25. The van der Waals surface area contributed by atoms with Crippen LogP contribution in [0.15, 0.2) is 54.7 Å². The highest BCUT2D eigenvalue weighted by Crippen LogP contribution is 2.44. The SMILES string of the molecule is Cn1ncc(C(=O)N2CCC[C@@H]2CC(=O)O)c1NC(=O)OCC1c2ccccc2-c2ccccc21. The zero-order chi connectivity index (χ0) is 24.5. The molecule has 1 atom stereocenters. The number of nitrogens with zero attached hydrogens (tertiary/aromatic N) is 3. The predicted octanol–water partition coefficient (Wildman–Crippen LogP) is 3.86. The minimum atomic E-state index is -0.946. The number of fused-ring (bicyclic) bond motifs is 3. The number of nitrogens with one attached hydrogen (secondary N) is 1. The maximum atomic E-state index is 13.2. The number of carbonyl (C=O) groups is 3. The molecular weight excluding hydrogens is 448 g/mol. The standard InChI is InChI=1S/C26H26N4O5/c1-29-24(21(14-27-29)25(33)30-12-6-7-16(30)13-23(31)32)28-26(34)35-15-22-19-10-4-2-8-17(19)18-9-3-5-11-20(18)22/h2-5,8-11,14,16,22H,6-7,12-13,15H2,1H3,(H,28,34)(H,31,32)/t16-/m1/s1. The Morgan fingerprint density at radius 3 is 2.40 bits per heavy atom. The summed E-state index contributed by atoms with van der Waals surface area (Å²) in [6.45, 7) is 0.615. The van der Waals surface area contributed by atoms with Crippen molar-refractivity contribution >= 4 is 23.8 Å². The molecule has 5 rings (SSSR count). The Kier molecular flexibility index (Phi) is 5.98. The molecule has 1 aliphatic carbocycles. The van der Waals surface area contributed by atoms with E-state index < -0.39 is 12.1 Å². The molecule has 1 fully saturated rings. The van der Waals surface area contributed by atoms with E-state index in [-0.39, 0.29) is 42.3 Å². The van der Waals surface area contributed by atoms with Crippen molar-refractivity contribution in [3.05, 3.63) is 71.4 Å². The molecule has 0 saturated carbocycles. The Hall–Kier alpha value is -4.14. The first-order chi connectivity index (χ1) is 16.9. The molecule has 2 aliphatic rings. The first-order valence-corrected chi connectivity index (χ1v) is 11.6. The molecule has 2 N–H and O–H groups in total. The number of rotatable bonds is 6. The highest BCUT2D eigenvalue weighted by atomic mass is 16.5. The topological polar surface area (TPSA) is 114 Å². The van der Waals surface area contributed by atoms with Crippen LogP contribution in [0.2, 0.25) is 0 Å². The Labute approximate surface area is 202 Å². The number of carbonyl (C=O) groups excluding carboxylic acids is 2. The third-order valence-electron chi connectivity index (χ3n) is 6.78. The molecule has 1 aromatic heterocycles. The molecule has 35 heavy (non-hydrogen) atoms. The zero-order valence-electron chi connectivity index (χ0n) is 19.3. The van der Waals surface area contributed by atoms with Gasteiger partial charge in [-0.15, -0.1) is 0 Å². The lowest BCUT2D eigenvalue weighted by atomic mass is 9.98. The van der Waals surface area contributed by atoms with E-state index in [1.165, 1.54) is 10.9 Å². The normalized spacial score (nSPS) is 16.6. The van der Waals surface area contributed by atoms with Gasteiger partial charge in [-0.2, -0.15) is 5.10 Å². The largest absolute Gasteiger partial charge is 0.481 e. The molecule has 0 radical (unpaired) electrons. The molecule has 3 aromatic rings. The van der Waals surface area contributed by atoms with Gasteiger partial charge in [0.15, 0.2) is 0 Å². The lowest BCUT2D eigenvalue weighted by Gasteiger charge is -2.23. The van der Waals surface area contributed by atoms with Crippen molar-refractivity contribution in [3.63, 3.8) is 0 Å². The van der Waals surface area contributed by atoms with Gasteiger partial charge >= 0.3 is 12.1 Å². The van der Waals surface area contributed by atoms with E-state index in [9.17, 15) is 14.4 Å².